The van der Waals surface area contributed by atoms with Crippen molar-refractivity contribution in [2.45, 2.75) is 25.4 Å². The fourth-order valence-electron chi connectivity index (χ4n) is 2.73. The van der Waals surface area contributed by atoms with E-state index in [0.717, 1.165) is 23.2 Å². The van der Waals surface area contributed by atoms with Crippen molar-refractivity contribution in [3.63, 3.8) is 0 Å². The highest BCUT2D eigenvalue weighted by Gasteiger charge is 2.26. The Morgan fingerprint density at radius 3 is 2.61 bits per heavy atom. The minimum Gasteiger partial charge on any atom is -0.337 e. The van der Waals surface area contributed by atoms with Gasteiger partial charge in [-0.15, -0.1) is 0 Å². The maximum absolute atomic E-state index is 6.25. The quantitative estimate of drug-likeness (QED) is 0.810. The van der Waals surface area contributed by atoms with Gasteiger partial charge in [-0.05, 0) is 6.07 Å². The average molecular weight is 289 g/mol. The van der Waals surface area contributed by atoms with Gasteiger partial charge in [-0.3, -0.25) is 0 Å². The van der Waals surface area contributed by atoms with Crippen molar-refractivity contribution in [3.05, 3.63) is 33.8 Å². The molecule has 0 spiro atoms. The third-order valence-electron chi connectivity index (χ3n) is 4.04. The van der Waals surface area contributed by atoms with Gasteiger partial charge in [0, 0.05) is 18.4 Å². The Labute approximate surface area is 119 Å². The lowest BCUT2D eigenvalue weighted by Crippen LogP contribution is -3.17. The zero-order chi connectivity index (χ0) is 13.1. The van der Waals surface area contributed by atoms with Crippen LogP contribution in [-0.4, -0.2) is 33.2 Å². The standard InChI is InChI=1S/C14H20Cl2N2/c1-17-8-6-12(7-9-17)18(2)10-11-4-3-5-13(15)14(11)16/h3-5,12H,6-10H2,1-2H3/p+2. The molecule has 2 N–H and O–H groups in total. The monoisotopic (exact) mass is 288 g/mol. The van der Waals surface area contributed by atoms with Gasteiger partial charge in [0.15, 0.2) is 0 Å². The Morgan fingerprint density at radius 1 is 1.28 bits per heavy atom. The Hall–Kier alpha value is -0.280. The largest absolute Gasteiger partial charge is 0.337 e. The number of likely N-dealkylation sites (tertiary alicyclic amines) is 1. The van der Waals surface area contributed by atoms with Crippen LogP contribution in [0.3, 0.4) is 0 Å². The summed E-state index contributed by atoms with van der Waals surface area (Å²) in [6.45, 7) is 3.53. The van der Waals surface area contributed by atoms with Crippen molar-refractivity contribution in [1.82, 2.24) is 0 Å². The van der Waals surface area contributed by atoms with Crippen molar-refractivity contribution in [2.24, 2.45) is 0 Å². The molecule has 0 bridgehead atoms. The molecule has 1 aliphatic rings. The molecular weight excluding hydrogens is 267 g/mol. The van der Waals surface area contributed by atoms with Crippen LogP contribution in [0.4, 0.5) is 0 Å². The van der Waals surface area contributed by atoms with Crippen LogP contribution < -0.4 is 9.80 Å². The molecule has 0 radical (unpaired) electrons. The van der Waals surface area contributed by atoms with Crippen molar-refractivity contribution in [2.75, 3.05) is 27.2 Å². The van der Waals surface area contributed by atoms with Crippen LogP contribution in [-0.2, 0) is 6.54 Å². The maximum Gasteiger partial charge on any atom is 0.104 e. The van der Waals surface area contributed by atoms with E-state index in [1.807, 2.05) is 12.1 Å². The fourth-order valence-corrected chi connectivity index (χ4v) is 3.12. The topological polar surface area (TPSA) is 8.88 Å². The van der Waals surface area contributed by atoms with Crippen LogP contribution in [0.25, 0.3) is 0 Å². The van der Waals surface area contributed by atoms with Crippen LogP contribution in [0.15, 0.2) is 18.2 Å². The second-order valence-electron chi connectivity index (χ2n) is 5.47. The van der Waals surface area contributed by atoms with E-state index >= 15 is 0 Å². The van der Waals surface area contributed by atoms with E-state index in [1.54, 1.807) is 9.80 Å². The maximum atomic E-state index is 6.25. The molecule has 1 aromatic carbocycles. The van der Waals surface area contributed by atoms with Crippen LogP contribution >= 0.6 is 23.2 Å². The molecular formula is C14H22Cl2N2+2. The van der Waals surface area contributed by atoms with Crippen LogP contribution in [0.5, 0.6) is 0 Å². The number of hydrogen-bond acceptors (Lipinski definition) is 0. The molecule has 1 saturated heterocycles. The van der Waals surface area contributed by atoms with E-state index in [-0.39, 0.29) is 0 Å². The first kappa shape index (κ1) is 14.1. The normalized spacial score (nSPS) is 26.0. The van der Waals surface area contributed by atoms with Crippen molar-refractivity contribution in [1.29, 1.82) is 0 Å². The van der Waals surface area contributed by atoms with E-state index in [9.17, 15) is 0 Å². The van der Waals surface area contributed by atoms with Crippen molar-refractivity contribution < 1.29 is 9.80 Å². The number of piperidine rings is 1. The number of benzene rings is 1. The third-order valence-corrected chi connectivity index (χ3v) is 4.89. The number of hydrogen-bond donors (Lipinski definition) is 2. The van der Waals surface area contributed by atoms with Gasteiger partial charge in [-0.25, -0.2) is 0 Å². The molecule has 1 heterocycles. The van der Waals surface area contributed by atoms with Gasteiger partial charge in [-0.2, -0.15) is 0 Å². The fraction of sp³-hybridized carbons (Fsp3) is 0.571. The van der Waals surface area contributed by atoms with Crippen LogP contribution in [0, 0.1) is 0 Å². The zero-order valence-corrected chi connectivity index (χ0v) is 12.6. The summed E-state index contributed by atoms with van der Waals surface area (Å²) < 4.78 is 0. The SMILES string of the molecule is C[NH+]1CCC([NH+](C)Cc2cccc(Cl)c2Cl)CC1. The van der Waals surface area contributed by atoms with Gasteiger partial charge in [0.2, 0.25) is 0 Å². The minimum atomic E-state index is 0.662. The van der Waals surface area contributed by atoms with Gasteiger partial charge < -0.3 is 9.80 Å². The molecule has 1 fully saturated rings. The Morgan fingerprint density at radius 2 is 1.94 bits per heavy atom. The second-order valence-corrected chi connectivity index (χ2v) is 6.25. The Kier molecular flexibility index (Phi) is 4.91. The summed E-state index contributed by atoms with van der Waals surface area (Å²) in [7, 11) is 4.54. The Bertz CT molecular complexity index is 401. The lowest BCUT2D eigenvalue weighted by Gasteiger charge is -2.30. The van der Waals surface area contributed by atoms with Gasteiger partial charge in [0.25, 0.3) is 0 Å². The van der Waals surface area contributed by atoms with Gasteiger partial charge in [0.05, 0.1) is 43.3 Å². The van der Waals surface area contributed by atoms with E-state index in [0.29, 0.717) is 5.02 Å². The molecule has 1 atom stereocenters. The molecule has 0 aliphatic carbocycles. The molecule has 1 aromatic rings. The van der Waals surface area contributed by atoms with Gasteiger partial charge in [0.1, 0.15) is 6.54 Å². The average Bonchev–Trinajstić information content (AvgIpc) is 2.36. The van der Waals surface area contributed by atoms with E-state index in [2.05, 4.69) is 20.2 Å². The first-order valence-electron chi connectivity index (χ1n) is 6.64. The minimum absolute atomic E-state index is 0.662. The number of halogens is 2. The van der Waals surface area contributed by atoms with Crippen molar-refractivity contribution in [3.8, 4) is 0 Å². The number of quaternary nitrogens is 2. The summed E-state index contributed by atoms with van der Waals surface area (Å²) in [5.41, 5.74) is 1.16. The molecule has 18 heavy (non-hydrogen) atoms. The summed E-state index contributed by atoms with van der Waals surface area (Å²) >= 11 is 12.3. The molecule has 4 heteroatoms. The number of rotatable bonds is 3. The molecule has 2 nitrogen and oxygen atoms in total. The summed E-state index contributed by atoms with van der Waals surface area (Å²) in [5.74, 6) is 0. The third kappa shape index (κ3) is 3.39. The van der Waals surface area contributed by atoms with Crippen molar-refractivity contribution >= 4 is 23.2 Å². The highest BCUT2D eigenvalue weighted by molar-refractivity contribution is 6.42. The molecule has 2 rings (SSSR count). The molecule has 1 unspecified atom stereocenters. The lowest BCUT2D eigenvalue weighted by molar-refractivity contribution is -0.948. The summed E-state index contributed by atoms with van der Waals surface area (Å²) in [6.07, 6.45) is 2.60. The van der Waals surface area contributed by atoms with Crippen LogP contribution in [0.1, 0.15) is 18.4 Å². The molecule has 100 valence electrons. The van der Waals surface area contributed by atoms with E-state index < -0.39 is 0 Å². The zero-order valence-electron chi connectivity index (χ0n) is 11.1. The van der Waals surface area contributed by atoms with E-state index in [4.69, 9.17) is 23.2 Å². The predicted molar refractivity (Wildman–Crippen MR) is 76.7 cm³/mol. The Balaban J connectivity index is 1.98. The highest BCUT2D eigenvalue weighted by atomic mass is 35.5. The van der Waals surface area contributed by atoms with Gasteiger partial charge in [-0.1, -0.05) is 35.3 Å². The summed E-state index contributed by atoms with van der Waals surface area (Å²) in [5, 5.41) is 1.38. The summed E-state index contributed by atoms with van der Waals surface area (Å²) in [6, 6.07) is 6.67. The molecule has 1 aliphatic heterocycles. The molecule has 0 amide bonds. The first-order valence-corrected chi connectivity index (χ1v) is 7.40. The smallest absolute Gasteiger partial charge is 0.104 e. The number of nitrogens with one attached hydrogen (secondary N) is 2. The summed E-state index contributed by atoms with van der Waals surface area (Å²) in [4.78, 5) is 3.20. The highest BCUT2D eigenvalue weighted by Crippen LogP contribution is 2.24. The second kappa shape index (κ2) is 6.25. The lowest BCUT2D eigenvalue weighted by atomic mass is 10.0. The van der Waals surface area contributed by atoms with Gasteiger partial charge >= 0.3 is 0 Å². The molecule has 0 aromatic heterocycles. The molecule has 0 saturated carbocycles. The van der Waals surface area contributed by atoms with Crippen LogP contribution in [0.2, 0.25) is 10.0 Å². The predicted octanol–water partition coefficient (Wildman–Crippen LogP) is 0.685. The first-order chi connectivity index (χ1) is 8.58. The van der Waals surface area contributed by atoms with E-state index in [1.165, 1.54) is 25.9 Å².